The molecular formula is C78H54Cl2N6. The third kappa shape index (κ3) is 9.25. The Balaban J connectivity index is 0.902. The lowest BCUT2D eigenvalue weighted by atomic mass is 10.1. The third-order valence-electron chi connectivity index (χ3n) is 16.1. The van der Waals surface area contributed by atoms with Crippen LogP contribution in [0.15, 0.2) is 328 Å². The first-order chi connectivity index (χ1) is 42.6. The molecule has 13 aromatic carbocycles. The zero-order chi connectivity index (χ0) is 57.5. The summed E-state index contributed by atoms with van der Waals surface area (Å²) in [5.74, 6) is 0. The summed E-state index contributed by atoms with van der Waals surface area (Å²) >= 11 is 16.1. The SMILES string of the molecule is Clc1c(N(c2ccccc2)c2cccc(N(c3ccccc3)c3ccccc3)c2)cccc1-n1c2ccccc2c2cc3c4ccccc4n(-c4cccc(N(c5ccccc5)c5cccc(N(c6ccccc6)c6ccccc6)c5)c4Cl)c3cc21. The average molecular weight is 1150 g/mol. The van der Waals surface area contributed by atoms with E-state index >= 15 is 0 Å². The van der Waals surface area contributed by atoms with Gasteiger partial charge in [-0.3, -0.25) is 0 Å². The fourth-order valence-electron chi connectivity index (χ4n) is 12.4. The van der Waals surface area contributed by atoms with Crippen LogP contribution < -0.4 is 19.6 Å². The van der Waals surface area contributed by atoms with E-state index in [1.54, 1.807) is 0 Å². The van der Waals surface area contributed by atoms with Gasteiger partial charge in [0.2, 0.25) is 0 Å². The predicted molar refractivity (Wildman–Crippen MR) is 364 cm³/mol. The van der Waals surface area contributed by atoms with E-state index in [-0.39, 0.29) is 0 Å². The van der Waals surface area contributed by atoms with E-state index < -0.39 is 0 Å². The number of halogens is 2. The van der Waals surface area contributed by atoms with Crippen LogP contribution in [0.25, 0.3) is 55.0 Å². The van der Waals surface area contributed by atoms with Crippen molar-refractivity contribution in [1.82, 2.24) is 9.13 Å². The summed E-state index contributed by atoms with van der Waals surface area (Å²) in [6.07, 6.45) is 0. The van der Waals surface area contributed by atoms with E-state index in [2.05, 4.69) is 356 Å². The Labute approximate surface area is 509 Å². The second-order valence-electron chi connectivity index (χ2n) is 21.2. The van der Waals surface area contributed by atoms with Crippen molar-refractivity contribution in [3.8, 4) is 11.4 Å². The summed E-state index contributed by atoms with van der Waals surface area (Å²) in [7, 11) is 0. The highest BCUT2D eigenvalue weighted by molar-refractivity contribution is 6.36. The van der Waals surface area contributed by atoms with Gasteiger partial charge in [0, 0.05) is 78.4 Å². The van der Waals surface area contributed by atoms with E-state index in [1.165, 1.54) is 0 Å². The van der Waals surface area contributed by atoms with Crippen LogP contribution in [0.2, 0.25) is 10.0 Å². The highest BCUT2D eigenvalue weighted by Crippen LogP contribution is 2.49. The first-order valence-corrected chi connectivity index (χ1v) is 29.6. The maximum absolute atomic E-state index is 8.05. The van der Waals surface area contributed by atoms with Gasteiger partial charge in [-0.2, -0.15) is 0 Å². The molecule has 0 aliphatic heterocycles. The van der Waals surface area contributed by atoms with Gasteiger partial charge >= 0.3 is 0 Å². The van der Waals surface area contributed by atoms with Gasteiger partial charge in [0.25, 0.3) is 0 Å². The van der Waals surface area contributed by atoms with Crippen molar-refractivity contribution < 1.29 is 0 Å². The van der Waals surface area contributed by atoms with Gasteiger partial charge in [0.1, 0.15) is 0 Å². The molecule has 15 rings (SSSR count). The van der Waals surface area contributed by atoms with E-state index in [4.69, 9.17) is 23.2 Å². The Bertz CT molecular complexity index is 4530. The Kier molecular flexibility index (Phi) is 13.6. The van der Waals surface area contributed by atoms with Crippen LogP contribution in [0.3, 0.4) is 0 Å². The van der Waals surface area contributed by atoms with Crippen molar-refractivity contribution in [3.63, 3.8) is 0 Å². The summed E-state index contributed by atoms with van der Waals surface area (Å²) in [4.78, 5) is 9.11. The van der Waals surface area contributed by atoms with Gasteiger partial charge in [-0.1, -0.05) is 193 Å². The molecule has 2 heterocycles. The van der Waals surface area contributed by atoms with Crippen molar-refractivity contribution in [1.29, 1.82) is 0 Å². The van der Waals surface area contributed by atoms with Gasteiger partial charge in [-0.15, -0.1) is 0 Å². The first kappa shape index (κ1) is 52.1. The van der Waals surface area contributed by atoms with Crippen LogP contribution in [0, 0.1) is 0 Å². The minimum atomic E-state index is 0.601. The highest BCUT2D eigenvalue weighted by Gasteiger charge is 2.26. The second kappa shape index (κ2) is 22.4. The van der Waals surface area contributed by atoms with Gasteiger partial charge in [0.05, 0.1) is 54.9 Å². The number of rotatable bonds is 14. The van der Waals surface area contributed by atoms with Gasteiger partial charge in [0.15, 0.2) is 0 Å². The van der Waals surface area contributed by atoms with Crippen LogP contribution in [0.1, 0.15) is 0 Å². The van der Waals surface area contributed by atoms with Gasteiger partial charge in [-0.25, -0.2) is 0 Å². The van der Waals surface area contributed by atoms with E-state index in [9.17, 15) is 0 Å². The number of nitrogens with zero attached hydrogens (tertiary/aromatic N) is 6. The van der Waals surface area contributed by atoms with Gasteiger partial charge in [-0.05, 0) is 158 Å². The third-order valence-corrected chi connectivity index (χ3v) is 16.9. The molecule has 0 saturated heterocycles. The van der Waals surface area contributed by atoms with Crippen LogP contribution >= 0.6 is 23.2 Å². The van der Waals surface area contributed by atoms with Crippen LogP contribution in [-0.4, -0.2) is 9.13 Å². The number of fused-ring (bicyclic) bond motifs is 6. The lowest BCUT2D eigenvalue weighted by molar-refractivity contribution is 1.15. The number of hydrogen-bond donors (Lipinski definition) is 0. The normalized spacial score (nSPS) is 11.4. The quantitative estimate of drug-likeness (QED) is 0.108. The van der Waals surface area contributed by atoms with Crippen molar-refractivity contribution >= 4 is 135 Å². The molecule has 0 saturated carbocycles. The largest absolute Gasteiger partial charge is 0.310 e. The number of aromatic nitrogens is 2. The average Bonchev–Trinajstić information content (AvgIpc) is 1.60. The topological polar surface area (TPSA) is 22.8 Å². The molecule has 0 atom stereocenters. The number of hydrogen-bond acceptors (Lipinski definition) is 4. The fourth-order valence-corrected chi connectivity index (χ4v) is 13.0. The molecule has 0 bridgehead atoms. The van der Waals surface area contributed by atoms with E-state index in [1.807, 2.05) is 0 Å². The second-order valence-corrected chi connectivity index (χ2v) is 22.0. The Hall–Kier alpha value is -10.8. The van der Waals surface area contributed by atoms with Crippen LogP contribution in [0.5, 0.6) is 0 Å². The van der Waals surface area contributed by atoms with E-state index in [0.717, 1.165) is 123 Å². The molecule has 0 unspecified atom stereocenters. The molecule has 0 spiro atoms. The molecule has 410 valence electrons. The summed E-state index contributed by atoms with van der Waals surface area (Å²) in [6, 6.07) is 115. The molecule has 8 heteroatoms. The molecule has 2 aromatic heterocycles. The fraction of sp³-hybridized carbons (Fsp3) is 0. The Morgan fingerprint density at radius 1 is 0.198 bits per heavy atom. The maximum Gasteiger partial charge on any atom is 0.0887 e. The lowest BCUT2D eigenvalue weighted by Crippen LogP contribution is -2.14. The monoisotopic (exact) mass is 1140 g/mol. The minimum Gasteiger partial charge on any atom is -0.310 e. The highest BCUT2D eigenvalue weighted by atomic mass is 35.5. The summed E-state index contributed by atoms with van der Waals surface area (Å²) in [6.45, 7) is 0. The number of anilines is 12. The smallest absolute Gasteiger partial charge is 0.0887 e. The molecular weight excluding hydrogens is 1090 g/mol. The van der Waals surface area contributed by atoms with Crippen LogP contribution in [0.4, 0.5) is 68.2 Å². The summed E-state index contributed by atoms with van der Waals surface area (Å²) in [5, 5.41) is 5.67. The van der Waals surface area contributed by atoms with Crippen molar-refractivity contribution in [2.45, 2.75) is 0 Å². The minimum absolute atomic E-state index is 0.601. The van der Waals surface area contributed by atoms with Crippen LogP contribution in [-0.2, 0) is 0 Å². The molecule has 0 N–H and O–H groups in total. The Morgan fingerprint density at radius 3 is 0.802 bits per heavy atom. The van der Waals surface area contributed by atoms with Crippen molar-refractivity contribution in [2.24, 2.45) is 0 Å². The molecule has 0 aliphatic carbocycles. The zero-order valence-corrected chi connectivity index (χ0v) is 48.1. The molecule has 15 aromatic rings. The number of benzene rings is 13. The number of para-hydroxylation sites is 8. The van der Waals surface area contributed by atoms with Gasteiger partial charge < -0.3 is 28.7 Å². The summed E-state index contributed by atoms with van der Waals surface area (Å²) < 4.78 is 4.67. The standard InChI is InChI=1S/C78H54Cl2N6/c79-77-71(83(59-35-15-5-16-36-59)63-41-23-39-61(51-63)81(55-27-7-1-8-28-55)56-29-9-2-10-30-56)47-25-49-73(77)85-69-45-21-19-43-65(69)67-53-68-66-44-20-22-46-70(66)86(76(68)54-75(67)85)74-50-26-48-72(78(74)80)84(60-37-17-6-18-38-60)64-42-24-40-62(52-64)82(57-31-11-3-12-32-57)58-33-13-4-14-34-58/h1-54H. The molecule has 0 radical (unpaired) electrons. The maximum atomic E-state index is 8.05. The molecule has 86 heavy (non-hydrogen) atoms. The Morgan fingerprint density at radius 2 is 0.465 bits per heavy atom. The predicted octanol–water partition coefficient (Wildman–Crippen LogP) is 23.1. The zero-order valence-electron chi connectivity index (χ0n) is 46.6. The first-order valence-electron chi connectivity index (χ1n) is 28.8. The van der Waals surface area contributed by atoms with Crippen molar-refractivity contribution in [2.75, 3.05) is 19.6 Å². The van der Waals surface area contributed by atoms with Crippen molar-refractivity contribution in [3.05, 3.63) is 338 Å². The van der Waals surface area contributed by atoms with E-state index in [0.29, 0.717) is 10.0 Å². The molecule has 0 amide bonds. The summed E-state index contributed by atoms with van der Waals surface area (Å²) in [5.41, 5.74) is 17.6. The lowest BCUT2D eigenvalue weighted by Gasteiger charge is -2.30. The molecule has 0 aliphatic rings. The molecule has 0 fully saturated rings. The molecule has 6 nitrogen and oxygen atoms in total.